The summed E-state index contributed by atoms with van der Waals surface area (Å²) in [5, 5.41) is 0. The standard InChI is InChI=1S/C7H7F.C7H10N2O.3C2H6/c1-6-2-4-7(8)5-3-6;1-6(2)10-7-5-8-3-4-9-7;3*1-2/h2-5H,1H3;3-6H,1-2H3;3*1-2H3. The van der Waals surface area contributed by atoms with Crippen molar-refractivity contribution >= 4 is 0 Å². The fourth-order valence-electron chi connectivity index (χ4n) is 1.12. The van der Waals surface area contributed by atoms with Gasteiger partial charge in [-0.05, 0) is 32.9 Å². The van der Waals surface area contributed by atoms with Gasteiger partial charge in [0, 0.05) is 12.4 Å². The normalized spacial score (nSPS) is 7.96. The van der Waals surface area contributed by atoms with Gasteiger partial charge in [-0.1, -0.05) is 59.2 Å². The lowest BCUT2D eigenvalue weighted by molar-refractivity contribution is 0.231. The number of benzene rings is 1. The van der Waals surface area contributed by atoms with E-state index in [1.165, 1.54) is 12.1 Å². The van der Waals surface area contributed by atoms with Gasteiger partial charge in [0.05, 0.1) is 12.3 Å². The summed E-state index contributed by atoms with van der Waals surface area (Å²) < 4.78 is 17.3. The van der Waals surface area contributed by atoms with Crippen LogP contribution in [0.3, 0.4) is 0 Å². The van der Waals surface area contributed by atoms with Crippen LogP contribution in [0, 0.1) is 12.7 Å². The average Bonchev–Trinajstić information content (AvgIpc) is 2.64. The van der Waals surface area contributed by atoms with Crippen LogP contribution in [0.5, 0.6) is 5.88 Å². The minimum absolute atomic E-state index is 0.164. The number of ether oxygens (including phenoxy) is 1. The van der Waals surface area contributed by atoms with E-state index in [-0.39, 0.29) is 11.9 Å². The van der Waals surface area contributed by atoms with E-state index >= 15 is 0 Å². The minimum Gasteiger partial charge on any atom is -0.474 e. The zero-order valence-corrected chi connectivity index (χ0v) is 16.8. The van der Waals surface area contributed by atoms with Crippen molar-refractivity contribution in [3.8, 4) is 5.88 Å². The highest BCUT2D eigenvalue weighted by Crippen LogP contribution is 2.02. The van der Waals surface area contributed by atoms with Gasteiger partial charge in [-0.3, -0.25) is 4.98 Å². The van der Waals surface area contributed by atoms with Crippen LogP contribution in [0.2, 0.25) is 0 Å². The van der Waals surface area contributed by atoms with E-state index in [9.17, 15) is 4.39 Å². The maximum absolute atomic E-state index is 12.1. The van der Waals surface area contributed by atoms with E-state index in [2.05, 4.69) is 9.97 Å². The van der Waals surface area contributed by atoms with E-state index < -0.39 is 0 Å². The molecular weight excluding hydrogens is 303 g/mol. The maximum atomic E-state index is 12.1. The van der Waals surface area contributed by atoms with E-state index in [1.54, 1.807) is 30.7 Å². The molecule has 0 saturated heterocycles. The molecule has 0 unspecified atom stereocenters. The van der Waals surface area contributed by atoms with Crippen LogP contribution in [0.25, 0.3) is 0 Å². The number of aromatic nitrogens is 2. The van der Waals surface area contributed by atoms with Crippen LogP contribution in [0.15, 0.2) is 42.9 Å². The Labute approximate surface area is 148 Å². The van der Waals surface area contributed by atoms with Crippen LogP contribution in [0.4, 0.5) is 4.39 Å². The second-order valence-electron chi connectivity index (χ2n) is 4.01. The lowest BCUT2D eigenvalue weighted by Gasteiger charge is -2.05. The average molecular weight is 339 g/mol. The monoisotopic (exact) mass is 338 g/mol. The van der Waals surface area contributed by atoms with Crippen LogP contribution < -0.4 is 4.74 Å². The first-order chi connectivity index (χ1) is 11.6. The third kappa shape index (κ3) is 18.1. The highest BCUT2D eigenvalue weighted by Gasteiger charge is 1.95. The topological polar surface area (TPSA) is 35.0 Å². The first kappa shape index (κ1) is 26.9. The van der Waals surface area contributed by atoms with Gasteiger partial charge in [0.1, 0.15) is 5.82 Å². The number of aryl methyl sites for hydroxylation is 1. The highest BCUT2D eigenvalue weighted by atomic mass is 19.1. The molecule has 4 heteroatoms. The smallest absolute Gasteiger partial charge is 0.232 e. The van der Waals surface area contributed by atoms with Crippen LogP contribution in [-0.4, -0.2) is 16.1 Å². The van der Waals surface area contributed by atoms with Crippen LogP contribution in [0.1, 0.15) is 61.0 Å². The predicted octanol–water partition coefficient (Wildman–Crippen LogP) is 6.48. The van der Waals surface area contributed by atoms with E-state index in [0.29, 0.717) is 5.88 Å². The largest absolute Gasteiger partial charge is 0.474 e. The molecule has 3 nitrogen and oxygen atoms in total. The zero-order chi connectivity index (χ0) is 19.4. The Kier molecular flexibility index (Phi) is 23.6. The molecular formula is C20H35FN2O. The third-order valence-corrected chi connectivity index (χ3v) is 1.91. The fraction of sp³-hybridized carbons (Fsp3) is 0.500. The molecule has 0 amide bonds. The van der Waals surface area contributed by atoms with Gasteiger partial charge in [-0.25, -0.2) is 9.37 Å². The van der Waals surface area contributed by atoms with Gasteiger partial charge in [-0.15, -0.1) is 0 Å². The number of rotatable bonds is 2. The third-order valence-electron chi connectivity index (χ3n) is 1.91. The minimum atomic E-state index is -0.171. The molecule has 0 radical (unpaired) electrons. The molecule has 1 aromatic heterocycles. The molecule has 138 valence electrons. The van der Waals surface area contributed by atoms with Gasteiger partial charge in [0.15, 0.2) is 0 Å². The second-order valence-corrected chi connectivity index (χ2v) is 4.01. The molecule has 1 aromatic carbocycles. The molecule has 0 aliphatic heterocycles. The summed E-state index contributed by atoms with van der Waals surface area (Å²) in [6.45, 7) is 17.8. The summed E-state index contributed by atoms with van der Waals surface area (Å²) in [7, 11) is 0. The van der Waals surface area contributed by atoms with Gasteiger partial charge in [0.2, 0.25) is 5.88 Å². The summed E-state index contributed by atoms with van der Waals surface area (Å²) in [6, 6.07) is 6.40. The van der Waals surface area contributed by atoms with Crippen molar-refractivity contribution in [1.29, 1.82) is 0 Å². The van der Waals surface area contributed by atoms with Crippen molar-refractivity contribution in [2.75, 3.05) is 0 Å². The number of hydrogen-bond acceptors (Lipinski definition) is 3. The van der Waals surface area contributed by atoms with Crippen LogP contribution >= 0.6 is 0 Å². The molecule has 2 rings (SSSR count). The molecule has 0 fully saturated rings. The summed E-state index contributed by atoms with van der Waals surface area (Å²) in [4.78, 5) is 7.78. The lowest BCUT2D eigenvalue weighted by atomic mass is 10.2. The molecule has 24 heavy (non-hydrogen) atoms. The zero-order valence-electron chi connectivity index (χ0n) is 16.8. The number of hydrogen-bond donors (Lipinski definition) is 0. The molecule has 0 bridgehead atoms. The predicted molar refractivity (Wildman–Crippen MR) is 103 cm³/mol. The van der Waals surface area contributed by atoms with Gasteiger partial charge < -0.3 is 4.74 Å². The molecule has 0 aliphatic rings. The van der Waals surface area contributed by atoms with Crippen molar-refractivity contribution < 1.29 is 9.13 Å². The molecule has 0 saturated carbocycles. The van der Waals surface area contributed by atoms with Gasteiger partial charge >= 0.3 is 0 Å². The molecule has 0 aliphatic carbocycles. The molecule has 0 N–H and O–H groups in total. The molecule has 0 spiro atoms. The Morgan fingerprint density at radius 1 is 0.875 bits per heavy atom. The van der Waals surface area contributed by atoms with E-state index in [0.717, 1.165) is 5.56 Å². The molecule has 0 atom stereocenters. The Morgan fingerprint density at radius 3 is 1.71 bits per heavy atom. The van der Waals surface area contributed by atoms with Crippen molar-refractivity contribution in [3.63, 3.8) is 0 Å². The summed E-state index contributed by atoms with van der Waals surface area (Å²) >= 11 is 0. The fourth-order valence-corrected chi connectivity index (χ4v) is 1.12. The maximum Gasteiger partial charge on any atom is 0.232 e. The summed E-state index contributed by atoms with van der Waals surface area (Å²) in [5.41, 5.74) is 1.09. The SMILES string of the molecule is CC.CC.CC.CC(C)Oc1cnccn1.Cc1ccc(F)cc1. The van der Waals surface area contributed by atoms with Crippen molar-refractivity contribution in [2.24, 2.45) is 0 Å². The van der Waals surface area contributed by atoms with Crippen molar-refractivity contribution in [2.45, 2.75) is 68.4 Å². The quantitative estimate of drug-likeness (QED) is 0.629. The Bertz CT molecular complexity index is 424. The Hall–Kier alpha value is -1.97. The first-order valence-electron chi connectivity index (χ1n) is 8.73. The van der Waals surface area contributed by atoms with Crippen molar-refractivity contribution in [1.82, 2.24) is 9.97 Å². The van der Waals surface area contributed by atoms with Crippen LogP contribution in [-0.2, 0) is 0 Å². The first-order valence-corrected chi connectivity index (χ1v) is 8.73. The number of halogens is 1. The molecule has 1 heterocycles. The van der Waals surface area contributed by atoms with E-state index in [1.807, 2.05) is 62.3 Å². The summed E-state index contributed by atoms with van der Waals surface area (Å²) in [5.74, 6) is 0.410. The second kappa shape index (κ2) is 21.0. The molecule has 2 aromatic rings. The van der Waals surface area contributed by atoms with Gasteiger partial charge in [-0.2, -0.15) is 0 Å². The highest BCUT2D eigenvalue weighted by molar-refractivity contribution is 5.13. The Balaban J connectivity index is -0.000000284. The van der Waals surface area contributed by atoms with Gasteiger partial charge in [0.25, 0.3) is 0 Å². The van der Waals surface area contributed by atoms with E-state index in [4.69, 9.17) is 4.74 Å². The Morgan fingerprint density at radius 2 is 1.38 bits per heavy atom. The lowest BCUT2D eigenvalue weighted by Crippen LogP contribution is -2.06. The summed E-state index contributed by atoms with van der Waals surface area (Å²) in [6.07, 6.45) is 4.99. The van der Waals surface area contributed by atoms with Crippen molar-refractivity contribution in [3.05, 3.63) is 54.2 Å². The number of nitrogens with zero attached hydrogens (tertiary/aromatic N) is 2.